The molecule has 1 amide bonds. The summed E-state index contributed by atoms with van der Waals surface area (Å²) in [4.78, 5) is 13.5. The van der Waals surface area contributed by atoms with Gasteiger partial charge in [-0.3, -0.25) is 16.1 Å². The van der Waals surface area contributed by atoms with Crippen molar-refractivity contribution in [3.05, 3.63) is 11.6 Å². The zero-order valence-corrected chi connectivity index (χ0v) is 29.0. The lowest BCUT2D eigenvalue weighted by molar-refractivity contribution is -0.245. The Balaban J connectivity index is 1.55. The summed E-state index contributed by atoms with van der Waals surface area (Å²) in [5.41, 5.74) is 16.9. The van der Waals surface area contributed by atoms with Gasteiger partial charge in [0.1, 0.15) is 0 Å². The number of allylic oxidation sites excluding steroid dienone is 1. The van der Waals surface area contributed by atoms with E-state index < -0.39 is 5.54 Å². The summed E-state index contributed by atoms with van der Waals surface area (Å²) in [5.74, 6) is 8.15. The first kappa shape index (κ1) is 33.4. The molecule has 7 heteroatoms. The van der Waals surface area contributed by atoms with Crippen molar-refractivity contribution in [2.45, 2.75) is 125 Å². The number of rotatable bonds is 8. The van der Waals surface area contributed by atoms with Crippen LogP contribution in [0, 0.1) is 62.6 Å². The highest BCUT2D eigenvalue weighted by molar-refractivity contribution is 5.79. The first-order valence-electron chi connectivity index (χ1n) is 17.3. The van der Waals surface area contributed by atoms with Crippen LogP contribution in [0.1, 0.15) is 108 Å². The summed E-state index contributed by atoms with van der Waals surface area (Å²) in [6, 6.07) is 0.00813. The molecule has 4 fully saturated rings. The molecule has 1 heterocycles. The summed E-state index contributed by atoms with van der Waals surface area (Å²) in [7, 11) is 0. The minimum Gasteiger partial charge on any atom is -0.380 e. The van der Waals surface area contributed by atoms with Crippen LogP contribution in [0.3, 0.4) is 0 Å². The van der Waals surface area contributed by atoms with E-state index in [-0.39, 0.29) is 51.0 Å². The Kier molecular flexibility index (Phi) is 8.37. The van der Waals surface area contributed by atoms with Crippen molar-refractivity contribution in [3.63, 3.8) is 0 Å². The van der Waals surface area contributed by atoms with Gasteiger partial charge in [0.05, 0.1) is 25.9 Å². The third-order valence-electron chi connectivity index (χ3n) is 15.3. The number of fused-ring (bicyclic) bond motifs is 3. The fourth-order valence-corrected chi connectivity index (χ4v) is 11.6. The number of nitrogens with one attached hydrogen (secondary N) is 1. The molecule has 1 aliphatic heterocycles. The number of amides is 1. The lowest BCUT2D eigenvalue weighted by Gasteiger charge is -2.71. The Hall–Kier alpha value is -0.990. The SMILES string of the molecule is CC(C)[C@@H](C)[C@@]1(C)CC[C@]2(C)[C@H]3CC[C@@H]4[C@@]5(COC[C@]4(C)[C@@H](OC[C@@](C)(N)C(C)C)[C@H](NN)C5)C3=CC[C@@]2(C)[C@@H]1C(N)=O. The average molecular weight is 601 g/mol. The Morgan fingerprint density at radius 2 is 1.77 bits per heavy atom. The van der Waals surface area contributed by atoms with Gasteiger partial charge in [-0.2, -0.15) is 0 Å². The first-order chi connectivity index (χ1) is 19.9. The van der Waals surface area contributed by atoms with Crippen molar-refractivity contribution in [1.29, 1.82) is 0 Å². The minimum atomic E-state index is -0.415. The number of ether oxygens (including phenoxy) is 2. The molecule has 0 radical (unpaired) electrons. The van der Waals surface area contributed by atoms with Crippen LogP contribution in [0.4, 0.5) is 0 Å². The lowest BCUT2D eigenvalue weighted by atomic mass is 9.34. The molecule has 7 nitrogen and oxygen atoms in total. The number of carbonyl (C=O) groups is 1. The molecule has 0 unspecified atom stereocenters. The second-order valence-electron chi connectivity index (χ2n) is 17.8. The molecule has 4 aliphatic carbocycles. The Bertz CT molecular complexity index is 1120. The van der Waals surface area contributed by atoms with E-state index in [1.54, 1.807) is 5.57 Å². The number of hydrogen-bond acceptors (Lipinski definition) is 6. The molecule has 246 valence electrons. The van der Waals surface area contributed by atoms with Crippen LogP contribution in [0.15, 0.2) is 11.6 Å². The Morgan fingerprint density at radius 1 is 1.09 bits per heavy atom. The van der Waals surface area contributed by atoms with Crippen LogP contribution < -0.4 is 22.7 Å². The van der Waals surface area contributed by atoms with Crippen LogP contribution in [0.5, 0.6) is 0 Å². The van der Waals surface area contributed by atoms with Crippen molar-refractivity contribution in [3.8, 4) is 0 Å². The van der Waals surface area contributed by atoms with Gasteiger partial charge < -0.3 is 20.9 Å². The largest absolute Gasteiger partial charge is 0.380 e. The molecule has 43 heavy (non-hydrogen) atoms. The van der Waals surface area contributed by atoms with Crippen LogP contribution >= 0.6 is 0 Å². The number of carbonyl (C=O) groups excluding carboxylic acids is 1. The summed E-state index contributed by atoms with van der Waals surface area (Å²) >= 11 is 0. The molecule has 5 rings (SSSR count). The summed E-state index contributed by atoms with van der Waals surface area (Å²) in [6.07, 6.45) is 8.69. The molecule has 3 saturated carbocycles. The summed E-state index contributed by atoms with van der Waals surface area (Å²) in [6.45, 7) is 24.9. The molecule has 0 aromatic rings. The van der Waals surface area contributed by atoms with Crippen molar-refractivity contribution in [1.82, 2.24) is 5.43 Å². The average Bonchev–Trinajstić information content (AvgIpc) is 2.91. The van der Waals surface area contributed by atoms with Gasteiger partial charge in [0.25, 0.3) is 0 Å². The maximum atomic E-state index is 13.5. The molecule has 7 N–H and O–H groups in total. The highest BCUT2D eigenvalue weighted by Crippen LogP contribution is 2.74. The number of hydrazine groups is 1. The van der Waals surface area contributed by atoms with Gasteiger partial charge in [-0.15, -0.1) is 0 Å². The van der Waals surface area contributed by atoms with Crippen LogP contribution in [0.25, 0.3) is 0 Å². The molecule has 5 aliphatic rings. The van der Waals surface area contributed by atoms with E-state index in [1.807, 2.05) is 0 Å². The molecular weight excluding hydrogens is 536 g/mol. The Labute approximate surface area is 262 Å². The second-order valence-corrected chi connectivity index (χ2v) is 17.8. The first-order valence-corrected chi connectivity index (χ1v) is 17.3. The predicted molar refractivity (Wildman–Crippen MR) is 173 cm³/mol. The molecule has 0 aromatic carbocycles. The van der Waals surface area contributed by atoms with Gasteiger partial charge in [-0.25, -0.2) is 0 Å². The van der Waals surface area contributed by atoms with Gasteiger partial charge >= 0.3 is 0 Å². The topological polar surface area (TPSA) is 126 Å². The monoisotopic (exact) mass is 600 g/mol. The quantitative estimate of drug-likeness (QED) is 0.164. The molecular formula is C36H64N4O3. The normalized spacial score (nSPS) is 48.0. The molecule has 0 spiro atoms. The maximum Gasteiger partial charge on any atom is 0.221 e. The van der Waals surface area contributed by atoms with Crippen molar-refractivity contribution < 1.29 is 14.3 Å². The second kappa shape index (κ2) is 10.8. The zero-order valence-electron chi connectivity index (χ0n) is 29.0. The highest BCUT2D eigenvalue weighted by Gasteiger charge is 2.71. The molecule has 12 atom stereocenters. The third kappa shape index (κ3) is 4.56. The van der Waals surface area contributed by atoms with E-state index in [1.165, 1.54) is 0 Å². The number of nitrogens with two attached hydrogens (primary N) is 3. The highest BCUT2D eigenvalue weighted by atomic mass is 16.5. The minimum absolute atomic E-state index is 0.00813. The van der Waals surface area contributed by atoms with Crippen LogP contribution in [-0.4, -0.2) is 43.4 Å². The smallest absolute Gasteiger partial charge is 0.221 e. The van der Waals surface area contributed by atoms with E-state index in [4.69, 9.17) is 26.8 Å². The van der Waals surface area contributed by atoms with E-state index >= 15 is 0 Å². The van der Waals surface area contributed by atoms with E-state index in [0.29, 0.717) is 42.8 Å². The van der Waals surface area contributed by atoms with Crippen molar-refractivity contribution in [2.24, 2.45) is 79.9 Å². The number of hydrogen-bond donors (Lipinski definition) is 4. The van der Waals surface area contributed by atoms with E-state index in [2.05, 4.69) is 80.7 Å². The van der Waals surface area contributed by atoms with Gasteiger partial charge in [-0.05, 0) is 91.3 Å². The number of primary amides is 1. The molecule has 2 bridgehead atoms. The third-order valence-corrected chi connectivity index (χ3v) is 15.3. The van der Waals surface area contributed by atoms with Crippen molar-refractivity contribution >= 4 is 5.91 Å². The molecule has 0 aromatic heterocycles. The predicted octanol–water partition coefficient (Wildman–Crippen LogP) is 5.57. The fourth-order valence-electron chi connectivity index (χ4n) is 11.6. The zero-order chi connectivity index (χ0) is 32.0. The summed E-state index contributed by atoms with van der Waals surface area (Å²) < 4.78 is 13.4. The van der Waals surface area contributed by atoms with Gasteiger partial charge in [0.2, 0.25) is 5.91 Å². The van der Waals surface area contributed by atoms with Crippen LogP contribution in [-0.2, 0) is 14.3 Å². The van der Waals surface area contributed by atoms with Crippen molar-refractivity contribution in [2.75, 3.05) is 19.8 Å². The maximum absolute atomic E-state index is 13.5. The lowest BCUT2D eigenvalue weighted by Crippen LogP contribution is -2.72. The standard InChI is InChI=1S/C36H64N4O3/c1-21(2)23(5)31(6)15-16-33(8)24-11-12-27-32(7)18-42-20-36(27,25(24)13-14-34(33,9)28(31)30(37)41)17-26(40-39)29(32)43-19-35(10,38)22(3)4/h13,21-24,26-29,40H,11-12,14-20,38-39H2,1-10H3,(H2,37,41)/t23-,24+,26-,27+,28-,29+,31-,32+,33-,34+,35-,36+/m1/s1. The van der Waals surface area contributed by atoms with Crippen LogP contribution in [0.2, 0.25) is 0 Å². The Morgan fingerprint density at radius 3 is 2.35 bits per heavy atom. The van der Waals surface area contributed by atoms with Gasteiger partial charge in [0.15, 0.2) is 0 Å². The van der Waals surface area contributed by atoms with E-state index in [0.717, 1.165) is 45.1 Å². The van der Waals surface area contributed by atoms with Gasteiger partial charge in [0, 0.05) is 28.3 Å². The molecule has 1 saturated heterocycles. The van der Waals surface area contributed by atoms with Gasteiger partial charge in [-0.1, -0.05) is 74.0 Å². The fraction of sp³-hybridized carbons (Fsp3) is 0.917. The van der Waals surface area contributed by atoms with E-state index in [9.17, 15) is 4.79 Å². The summed E-state index contributed by atoms with van der Waals surface area (Å²) in [5, 5.41) is 0.